The summed E-state index contributed by atoms with van der Waals surface area (Å²) in [5, 5.41) is -0.123. The van der Waals surface area contributed by atoms with Gasteiger partial charge in [0.15, 0.2) is 0 Å². The van der Waals surface area contributed by atoms with Gasteiger partial charge in [-0.1, -0.05) is 12.2 Å². The van der Waals surface area contributed by atoms with Crippen LogP contribution in [0, 0.1) is 4.64 Å². The number of rotatable bonds is 2. The fraction of sp³-hybridized carbons (Fsp3) is 0.556. The second-order valence-corrected chi connectivity index (χ2v) is 5.38. The first-order valence-electron chi connectivity index (χ1n) is 4.53. The largest absolute Gasteiger partial charge is 0.345 e. The first-order chi connectivity index (χ1) is 6.59. The van der Waals surface area contributed by atoms with Crippen molar-refractivity contribution in [3.05, 3.63) is 20.6 Å². The number of alkyl halides is 1. The van der Waals surface area contributed by atoms with Crippen molar-refractivity contribution in [2.24, 2.45) is 0 Å². The number of nitrogens with zero attached hydrogens (tertiary/aromatic N) is 1. The van der Waals surface area contributed by atoms with Gasteiger partial charge in [-0.3, -0.25) is 0 Å². The third-order valence-electron chi connectivity index (χ3n) is 2.27. The monoisotopic (exact) mass is 292 g/mol. The molecule has 1 aliphatic rings. The van der Waals surface area contributed by atoms with Crippen molar-refractivity contribution in [1.29, 1.82) is 0 Å². The molecule has 1 heterocycles. The van der Waals surface area contributed by atoms with E-state index in [4.69, 9.17) is 23.8 Å². The Labute approximate surface area is 101 Å². The maximum Gasteiger partial charge on any atom is 0.144 e. The quantitative estimate of drug-likeness (QED) is 0.657. The van der Waals surface area contributed by atoms with Crippen LogP contribution in [0.15, 0.2) is 4.47 Å². The molecule has 2 rings (SSSR count). The summed E-state index contributed by atoms with van der Waals surface area (Å²) in [5.74, 6) is 1.38. The molecule has 0 aromatic carbocycles. The van der Waals surface area contributed by atoms with Crippen molar-refractivity contribution in [3.8, 4) is 0 Å². The number of halogens is 2. The first-order valence-corrected chi connectivity index (χ1v) is 6.17. The lowest BCUT2D eigenvalue weighted by molar-refractivity contribution is 0.849. The van der Waals surface area contributed by atoms with Gasteiger partial charge in [-0.25, -0.2) is 4.98 Å². The Morgan fingerprint density at radius 1 is 1.64 bits per heavy atom. The summed E-state index contributed by atoms with van der Waals surface area (Å²) < 4.78 is 1.53. The molecular formula is C9H10BrClN2S. The second-order valence-electron chi connectivity index (χ2n) is 3.55. The van der Waals surface area contributed by atoms with Crippen LogP contribution in [-0.4, -0.2) is 9.97 Å². The van der Waals surface area contributed by atoms with Gasteiger partial charge in [-0.15, -0.1) is 11.6 Å². The van der Waals surface area contributed by atoms with Crippen LogP contribution in [0.1, 0.15) is 42.6 Å². The average Bonchev–Trinajstić information content (AvgIpc) is 2.92. The Morgan fingerprint density at radius 2 is 2.29 bits per heavy atom. The molecule has 1 unspecified atom stereocenters. The van der Waals surface area contributed by atoms with E-state index in [9.17, 15) is 0 Å². The van der Waals surface area contributed by atoms with Crippen LogP contribution in [-0.2, 0) is 0 Å². The van der Waals surface area contributed by atoms with Crippen molar-refractivity contribution in [2.75, 3.05) is 0 Å². The number of nitrogens with one attached hydrogen (secondary N) is 1. The molecule has 1 saturated carbocycles. The van der Waals surface area contributed by atoms with Gasteiger partial charge < -0.3 is 4.98 Å². The van der Waals surface area contributed by atoms with Crippen LogP contribution in [0.3, 0.4) is 0 Å². The highest BCUT2D eigenvalue weighted by atomic mass is 79.9. The molecule has 5 heteroatoms. The molecule has 0 saturated heterocycles. The minimum atomic E-state index is -0.123. The summed E-state index contributed by atoms with van der Waals surface area (Å²) in [7, 11) is 0. The Balaban J connectivity index is 2.52. The number of H-pyrrole nitrogens is 1. The van der Waals surface area contributed by atoms with E-state index in [2.05, 4.69) is 25.9 Å². The highest BCUT2D eigenvalue weighted by Crippen LogP contribution is 2.42. The summed E-state index contributed by atoms with van der Waals surface area (Å²) in [6.07, 6.45) is 2.45. The average molecular weight is 294 g/mol. The lowest BCUT2D eigenvalue weighted by atomic mass is 10.3. The SMILES string of the molecule is CC(Cl)c1nc(=S)c(Br)c(C2CC2)[nH]1. The van der Waals surface area contributed by atoms with Crippen LogP contribution in [0.2, 0.25) is 0 Å². The molecule has 0 bridgehead atoms. The van der Waals surface area contributed by atoms with Gasteiger partial charge >= 0.3 is 0 Å². The Hall–Kier alpha value is 0.0700. The fourth-order valence-electron chi connectivity index (χ4n) is 1.34. The number of hydrogen-bond acceptors (Lipinski definition) is 2. The summed E-state index contributed by atoms with van der Waals surface area (Å²) in [6, 6.07) is 0. The predicted octanol–water partition coefficient (Wildman–Crippen LogP) is 4.08. The van der Waals surface area contributed by atoms with Crippen LogP contribution >= 0.6 is 39.7 Å². The van der Waals surface area contributed by atoms with E-state index in [0.29, 0.717) is 10.6 Å². The molecule has 1 fully saturated rings. The van der Waals surface area contributed by atoms with E-state index in [0.717, 1.165) is 16.0 Å². The van der Waals surface area contributed by atoms with Gasteiger partial charge in [0.1, 0.15) is 10.5 Å². The van der Waals surface area contributed by atoms with E-state index in [1.165, 1.54) is 12.8 Å². The maximum absolute atomic E-state index is 5.97. The zero-order valence-corrected chi connectivity index (χ0v) is 10.8. The van der Waals surface area contributed by atoms with Gasteiger partial charge in [0.05, 0.1) is 9.85 Å². The minimum absolute atomic E-state index is 0.123. The van der Waals surface area contributed by atoms with Crippen LogP contribution in [0.25, 0.3) is 0 Å². The highest BCUT2D eigenvalue weighted by Gasteiger charge is 2.27. The third-order valence-corrected chi connectivity index (χ3v) is 3.84. The van der Waals surface area contributed by atoms with Crippen LogP contribution < -0.4 is 0 Å². The lowest BCUT2D eigenvalue weighted by Gasteiger charge is -2.08. The standard InChI is InChI=1S/C9H10BrClN2S/c1-4(11)8-12-7(5-2-3-5)6(10)9(14)13-8/h4-5H,2-3H2,1H3,(H,12,13,14). The zero-order valence-electron chi connectivity index (χ0n) is 7.68. The topological polar surface area (TPSA) is 28.7 Å². The molecule has 1 N–H and O–H groups in total. The Morgan fingerprint density at radius 3 is 2.79 bits per heavy atom. The van der Waals surface area contributed by atoms with Crippen LogP contribution in [0.5, 0.6) is 0 Å². The molecule has 0 amide bonds. The summed E-state index contributed by atoms with van der Waals surface area (Å²) in [6.45, 7) is 1.89. The van der Waals surface area contributed by atoms with Gasteiger partial charge in [0, 0.05) is 11.6 Å². The number of aromatic amines is 1. The molecule has 0 radical (unpaired) electrons. The highest BCUT2D eigenvalue weighted by molar-refractivity contribution is 9.10. The fourth-order valence-corrected chi connectivity index (χ4v) is 2.16. The van der Waals surface area contributed by atoms with E-state index in [1.807, 2.05) is 6.92 Å². The molecule has 1 aromatic heterocycles. The molecular weight excluding hydrogens is 284 g/mol. The first kappa shape index (κ1) is 10.6. The maximum atomic E-state index is 5.97. The molecule has 1 aliphatic carbocycles. The van der Waals surface area contributed by atoms with Gasteiger partial charge in [0.25, 0.3) is 0 Å². The number of hydrogen-bond donors (Lipinski definition) is 1. The summed E-state index contributed by atoms with van der Waals surface area (Å²) in [4.78, 5) is 7.48. The van der Waals surface area contributed by atoms with E-state index < -0.39 is 0 Å². The second kappa shape index (κ2) is 3.91. The van der Waals surface area contributed by atoms with E-state index in [1.54, 1.807) is 0 Å². The summed E-state index contributed by atoms with van der Waals surface area (Å²) >= 11 is 14.6. The van der Waals surface area contributed by atoms with E-state index >= 15 is 0 Å². The smallest absolute Gasteiger partial charge is 0.144 e. The van der Waals surface area contributed by atoms with E-state index in [-0.39, 0.29) is 5.38 Å². The normalized spacial score (nSPS) is 18.2. The number of aromatic nitrogens is 2. The van der Waals surface area contributed by atoms with Crippen molar-refractivity contribution < 1.29 is 0 Å². The van der Waals surface area contributed by atoms with Crippen molar-refractivity contribution in [1.82, 2.24) is 9.97 Å². The lowest BCUT2D eigenvalue weighted by Crippen LogP contribution is -2.01. The van der Waals surface area contributed by atoms with Gasteiger partial charge in [-0.05, 0) is 35.7 Å². The zero-order chi connectivity index (χ0) is 10.3. The molecule has 76 valence electrons. The van der Waals surface area contributed by atoms with Crippen molar-refractivity contribution in [2.45, 2.75) is 31.1 Å². The third kappa shape index (κ3) is 2.02. The van der Waals surface area contributed by atoms with Crippen LogP contribution in [0.4, 0.5) is 0 Å². The Kier molecular flexibility index (Phi) is 2.96. The van der Waals surface area contributed by atoms with Gasteiger partial charge in [-0.2, -0.15) is 0 Å². The molecule has 0 spiro atoms. The van der Waals surface area contributed by atoms with Gasteiger partial charge in [0.2, 0.25) is 0 Å². The molecule has 1 aromatic rings. The molecule has 1 atom stereocenters. The minimum Gasteiger partial charge on any atom is -0.345 e. The molecule has 2 nitrogen and oxygen atoms in total. The molecule has 14 heavy (non-hydrogen) atoms. The summed E-state index contributed by atoms with van der Waals surface area (Å²) in [5.41, 5.74) is 1.16. The van der Waals surface area contributed by atoms with Crippen molar-refractivity contribution >= 4 is 39.7 Å². The Bertz CT molecular complexity index is 412. The predicted molar refractivity (Wildman–Crippen MR) is 63.4 cm³/mol. The molecule has 0 aliphatic heterocycles. The van der Waals surface area contributed by atoms with Crippen molar-refractivity contribution in [3.63, 3.8) is 0 Å².